The third-order valence-corrected chi connectivity index (χ3v) is 5.75. The summed E-state index contributed by atoms with van der Waals surface area (Å²) < 4.78 is 28.5. The summed E-state index contributed by atoms with van der Waals surface area (Å²) in [6.07, 6.45) is 0.924. The third kappa shape index (κ3) is 3.57. The van der Waals surface area contributed by atoms with Crippen molar-refractivity contribution in [3.63, 3.8) is 0 Å². The van der Waals surface area contributed by atoms with Crippen molar-refractivity contribution in [2.24, 2.45) is 5.14 Å². The highest BCUT2D eigenvalue weighted by Gasteiger charge is 2.36. The summed E-state index contributed by atoms with van der Waals surface area (Å²) in [5.41, 5.74) is 1.86. The van der Waals surface area contributed by atoms with Crippen LogP contribution in [0.4, 0.5) is 5.69 Å². The zero-order chi connectivity index (χ0) is 17.2. The van der Waals surface area contributed by atoms with Crippen LogP contribution in [-0.2, 0) is 20.2 Å². The van der Waals surface area contributed by atoms with Crippen molar-refractivity contribution in [2.45, 2.75) is 16.7 Å². The highest BCUT2D eigenvalue weighted by atomic mass is 35.5. The number of primary sulfonamides is 1. The highest BCUT2D eigenvalue weighted by Crippen LogP contribution is 2.34. The molecule has 5 nitrogen and oxygen atoms in total. The number of nitrogens with one attached hydrogen (secondary N) is 1. The average molecular weight is 367 g/mol. The van der Waals surface area contributed by atoms with Crippen molar-refractivity contribution in [3.8, 4) is 0 Å². The molecule has 0 aliphatic carbocycles. The molecule has 1 heterocycles. The van der Waals surface area contributed by atoms with Gasteiger partial charge in [-0.25, -0.2) is 13.6 Å². The Morgan fingerprint density at radius 1 is 1.21 bits per heavy atom. The quantitative estimate of drug-likeness (QED) is 0.852. The predicted molar refractivity (Wildman–Crippen MR) is 94.9 cm³/mol. The van der Waals surface area contributed by atoms with Gasteiger partial charge in [0.25, 0.3) is 0 Å². The van der Waals surface area contributed by atoms with Crippen LogP contribution in [0.15, 0.2) is 53.4 Å². The number of hydrogen-bond acceptors (Lipinski definition) is 4. The summed E-state index contributed by atoms with van der Waals surface area (Å²) in [7, 11) is -3.82. The van der Waals surface area contributed by atoms with Crippen LogP contribution in [0.3, 0.4) is 0 Å². The number of rotatable bonds is 5. The molecular formula is C17H19ClN2O3S. The number of anilines is 1. The number of sulfonamides is 1. The highest BCUT2D eigenvalue weighted by molar-refractivity contribution is 7.89. The zero-order valence-corrected chi connectivity index (χ0v) is 14.6. The van der Waals surface area contributed by atoms with E-state index in [9.17, 15) is 8.42 Å². The van der Waals surface area contributed by atoms with Gasteiger partial charge in [0.15, 0.2) is 0 Å². The predicted octanol–water partition coefficient (Wildman–Crippen LogP) is 2.76. The molecule has 24 heavy (non-hydrogen) atoms. The van der Waals surface area contributed by atoms with Gasteiger partial charge in [0.1, 0.15) is 4.90 Å². The lowest BCUT2D eigenvalue weighted by atomic mass is 9.79. The Hall–Kier alpha value is -1.60. The van der Waals surface area contributed by atoms with Crippen LogP contribution < -0.4 is 10.5 Å². The van der Waals surface area contributed by atoms with Crippen molar-refractivity contribution in [1.82, 2.24) is 0 Å². The monoisotopic (exact) mass is 366 g/mol. The van der Waals surface area contributed by atoms with Crippen LogP contribution in [-0.4, -0.2) is 28.2 Å². The molecule has 0 bridgehead atoms. The maximum absolute atomic E-state index is 11.4. The number of nitrogens with two attached hydrogens (primary N) is 1. The second kappa shape index (κ2) is 6.72. The Labute approximate surface area is 146 Å². The van der Waals surface area contributed by atoms with Crippen molar-refractivity contribution in [2.75, 3.05) is 25.1 Å². The number of ether oxygens (including phenoxy) is 1. The minimum atomic E-state index is -3.82. The fraction of sp³-hybridized carbons (Fsp3) is 0.294. The fourth-order valence-corrected chi connectivity index (χ4v) is 4.07. The molecule has 2 aromatic carbocycles. The Kier molecular flexibility index (Phi) is 4.83. The zero-order valence-electron chi connectivity index (χ0n) is 13.0. The van der Waals surface area contributed by atoms with E-state index in [4.69, 9.17) is 21.5 Å². The van der Waals surface area contributed by atoms with Gasteiger partial charge in [-0.05, 0) is 30.2 Å². The molecule has 0 spiro atoms. The summed E-state index contributed by atoms with van der Waals surface area (Å²) in [6.45, 7) is 2.04. The Morgan fingerprint density at radius 3 is 2.54 bits per heavy atom. The maximum atomic E-state index is 11.4. The first-order chi connectivity index (χ1) is 11.4. The summed E-state index contributed by atoms with van der Waals surface area (Å²) >= 11 is 6.04. The van der Waals surface area contributed by atoms with E-state index in [0.717, 1.165) is 18.7 Å². The molecule has 1 unspecified atom stereocenters. The molecule has 0 radical (unpaired) electrons. The lowest BCUT2D eigenvalue weighted by Gasteiger charge is -2.29. The normalized spacial score (nSPS) is 20.9. The summed E-state index contributed by atoms with van der Waals surface area (Å²) in [4.78, 5) is -0.0725. The van der Waals surface area contributed by atoms with Gasteiger partial charge in [-0.15, -0.1) is 0 Å². The molecule has 7 heteroatoms. The molecule has 1 fully saturated rings. The Balaban J connectivity index is 1.80. The van der Waals surface area contributed by atoms with Crippen LogP contribution in [0.2, 0.25) is 5.02 Å². The van der Waals surface area contributed by atoms with Gasteiger partial charge in [0.2, 0.25) is 10.0 Å². The van der Waals surface area contributed by atoms with Gasteiger partial charge in [0.05, 0.1) is 11.6 Å². The first-order valence-electron chi connectivity index (χ1n) is 7.60. The first kappa shape index (κ1) is 17.2. The van der Waals surface area contributed by atoms with Crippen LogP contribution in [0.25, 0.3) is 0 Å². The molecule has 0 aromatic heterocycles. The Morgan fingerprint density at radius 2 is 1.96 bits per heavy atom. The summed E-state index contributed by atoms with van der Waals surface area (Å²) in [5, 5.41) is 8.58. The van der Waals surface area contributed by atoms with Gasteiger partial charge in [-0.1, -0.05) is 41.9 Å². The first-order valence-corrected chi connectivity index (χ1v) is 9.53. The number of halogens is 1. The maximum Gasteiger partial charge on any atom is 0.239 e. The molecule has 0 amide bonds. The molecule has 1 saturated heterocycles. The standard InChI is InChI=1S/C17H19ClN2O3S/c18-15-10-14(6-7-16(15)24(19,21)22)20-11-17(8-9-23-12-17)13-4-2-1-3-5-13/h1-7,10,20H,8-9,11-12H2,(H2,19,21,22). The van der Waals surface area contributed by atoms with Gasteiger partial charge in [-0.3, -0.25) is 0 Å². The van der Waals surface area contributed by atoms with Gasteiger partial charge < -0.3 is 10.1 Å². The van der Waals surface area contributed by atoms with Crippen LogP contribution >= 0.6 is 11.6 Å². The average Bonchev–Trinajstić information content (AvgIpc) is 3.03. The van der Waals surface area contributed by atoms with E-state index in [-0.39, 0.29) is 15.3 Å². The van der Waals surface area contributed by atoms with Gasteiger partial charge in [-0.2, -0.15) is 0 Å². The minimum Gasteiger partial charge on any atom is -0.384 e. The molecule has 128 valence electrons. The number of benzene rings is 2. The van der Waals surface area contributed by atoms with E-state index < -0.39 is 10.0 Å². The van der Waals surface area contributed by atoms with Gasteiger partial charge in [0, 0.05) is 24.3 Å². The molecular weight excluding hydrogens is 348 g/mol. The Bertz CT molecular complexity index is 819. The third-order valence-electron chi connectivity index (χ3n) is 4.36. The summed E-state index contributed by atoms with van der Waals surface area (Å²) in [5.74, 6) is 0. The smallest absolute Gasteiger partial charge is 0.239 e. The van der Waals surface area contributed by atoms with Gasteiger partial charge >= 0.3 is 0 Å². The molecule has 3 rings (SSSR count). The second-order valence-corrected chi connectivity index (χ2v) is 7.93. The second-order valence-electron chi connectivity index (χ2n) is 5.99. The minimum absolute atomic E-state index is 0.0725. The van der Waals surface area contributed by atoms with E-state index in [1.807, 2.05) is 18.2 Å². The molecule has 1 aliphatic heterocycles. The molecule has 0 saturated carbocycles. The van der Waals surface area contributed by atoms with Crippen molar-refractivity contribution < 1.29 is 13.2 Å². The van der Waals surface area contributed by atoms with E-state index in [1.165, 1.54) is 11.6 Å². The SMILES string of the molecule is NS(=O)(=O)c1ccc(NCC2(c3ccccc3)CCOC2)cc1Cl. The van der Waals surface area contributed by atoms with Crippen LogP contribution in [0, 0.1) is 0 Å². The van der Waals surface area contributed by atoms with E-state index >= 15 is 0 Å². The molecule has 2 aromatic rings. The van der Waals surface area contributed by atoms with Crippen LogP contribution in [0.5, 0.6) is 0 Å². The summed E-state index contributed by atoms with van der Waals surface area (Å²) in [6, 6.07) is 14.9. The fourth-order valence-electron chi connectivity index (χ4n) is 2.98. The molecule has 1 aliphatic rings. The molecule has 3 N–H and O–H groups in total. The largest absolute Gasteiger partial charge is 0.384 e. The topological polar surface area (TPSA) is 81.4 Å². The van der Waals surface area contributed by atoms with Crippen molar-refractivity contribution in [3.05, 3.63) is 59.1 Å². The lowest BCUT2D eigenvalue weighted by Crippen LogP contribution is -2.35. The number of hydrogen-bond donors (Lipinski definition) is 2. The van der Waals surface area contributed by atoms with Crippen molar-refractivity contribution in [1.29, 1.82) is 0 Å². The van der Waals surface area contributed by atoms with Crippen molar-refractivity contribution >= 4 is 27.3 Å². The van der Waals surface area contributed by atoms with E-state index in [2.05, 4.69) is 17.4 Å². The van der Waals surface area contributed by atoms with E-state index in [1.54, 1.807) is 12.1 Å². The van der Waals surface area contributed by atoms with Crippen LogP contribution in [0.1, 0.15) is 12.0 Å². The lowest BCUT2D eigenvalue weighted by molar-refractivity contribution is 0.179. The molecule has 1 atom stereocenters. The van der Waals surface area contributed by atoms with E-state index in [0.29, 0.717) is 13.2 Å².